The van der Waals surface area contributed by atoms with E-state index in [-0.39, 0.29) is 5.56 Å². The van der Waals surface area contributed by atoms with Crippen molar-refractivity contribution in [1.29, 1.82) is 0 Å². The summed E-state index contributed by atoms with van der Waals surface area (Å²) in [6, 6.07) is 8.89. The number of nitrogens with one attached hydrogen (secondary N) is 2. The Labute approximate surface area is 171 Å². The van der Waals surface area contributed by atoms with Gasteiger partial charge in [0.25, 0.3) is 5.91 Å². The fraction of sp³-hybridized carbons (Fsp3) is 0.286. The van der Waals surface area contributed by atoms with Crippen LogP contribution in [-0.4, -0.2) is 29.3 Å². The first-order valence-corrected chi connectivity index (χ1v) is 9.12. The Morgan fingerprint density at radius 1 is 1.10 bits per heavy atom. The molecule has 2 aromatic rings. The molecule has 0 saturated carbocycles. The van der Waals surface area contributed by atoms with E-state index in [0.29, 0.717) is 10.6 Å². The average Bonchev–Trinajstić information content (AvgIpc) is 2.89. The van der Waals surface area contributed by atoms with Crippen molar-refractivity contribution in [2.45, 2.75) is 32.5 Å². The van der Waals surface area contributed by atoms with E-state index in [9.17, 15) is 27.6 Å². The Kier molecular flexibility index (Phi) is 5.32. The predicted molar refractivity (Wildman–Crippen MR) is 104 cm³/mol. The summed E-state index contributed by atoms with van der Waals surface area (Å²) in [6.45, 7) is 4.25. The summed E-state index contributed by atoms with van der Waals surface area (Å²) in [4.78, 5) is 38.3. The van der Waals surface area contributed by atoms with Crippen LogP contribution in [0.2, 0.25) is 0 Å². The third kappa shape index (κ3) is 3.74. The summed E-state index contributed by atoms with van der Waals surface area (Å²) in [5.41, 5.74) is -1.05. The molecule has 1 fully saturated rings. The molecule has 1 aliphatic heterocycles. The molecular formula is C21H20F3N3O3. The minimum atomic E-state index is -4.71. The van der Waals surface area contributed by atoms with Gasteiger partial charge in [-0.05, 0) is 49.6 Å². The molecule has 1 atom stereocenters. The van der Waals surface area contributed by atoms with E-state index in [1.165, 1.54) is 19.1 Å². The first-order chi connectivity index (χ1) is 13.9. The molecule has 0 unspecified atom stereocenters. The van der Waals surface area contributed by atoms with Crippen LogP contribution in [0.4, 0.5) is 23.7 Å². The molecule has 6 nitrogen and oxygen atoms in total. The zero-order valence-electron chi connectivity index (χ0n) is 16.6. The van der Waals surface area contributed by atoms with Gasteiger partial charge >= 0.3 is 12.2 Å². The Bertz CT molecular complexity index is 1040. The molecule has 0 spiro atoms. The standard InChI is InChI=1S/C21H20F3N3O3/c1-12-7-6-10-16(13(12)2)25-17(28)11-27-18(29)20(3,26-19(27)30)14-8-4-5-9-15(14)21(22,23)24/h4-10H,11H2,1-3H3,(H,25,28)(H,26,30)/t20-/m1/s1. The lowest BCUT2D eigenvalue weighted by Crippen LogP contribution is -2.43. The highest BCUT2D eigenvalue weighted by Gasteiger charge is 2.52. The van der Waals surface area contributed by atoms with Gasteiger partial charge in [0.2, 0.25) is 5.91 Å². The van der Waals surface area contributed by atoms with E-state index >= 15 is 0 Å². The number of amides is 4. The second-order valence-electron chi connectivity index (χ2n) is 7.29. The summed E-state index contributed by atoms with van der Waals surface area (Å²) in [7, 11) is 0. The molecular weight excluding hydrogens is 399 g/mol. The number of benzene rings is 2. The average molecular weight is 419 g/mol. The second kappa shape index (κ2) is 7.47. The third-order valence-corrected chi connectivity index (χ3v) is 5.23. The van der Waals surface area contributed by atoms with Gasteiger partial charge in [-0.25, -0.2) is 4.79 Å². The number of carbonyl (C=O) groups is 3. The number of halogens is 3. The van der Waals surface area contributed by atoms with E-state index in [1.54, 1.807) is 12.1 Å². The summed E-state index contributed by atoms with van der Waals surface area (Å²) in [6.07, 6.45) is -4.71. The fourth-order valence-electron chi connectivity index (χ4n) is 3.41. The summed E-state index contributed by atoms with van der Waals surface area (Å²) in [5, 5.41) is 4.94. The monoisotopic (exact) mass is 419 g/mol. The molecule has 0 radical (unpaired) electrons. The van der Waals surface area contributed by atoms with Gasteiger partial charge in [0.1, 0.15) is 12.1 Å². The van der Waals surface area contributed by atoms with Crippen molar-refractivity contribution in [3.05, 3.63) is 64.7 Å². The van der Waals surface area contributed by atoms with E-state index in [1.807, 2.05) is 19.9 Å². The van der Waals surface area contributed by atoms with Crippen molar-refractivity contribution in [2.24, 2.45) is 0 Å². The zero-order valence-corrected chi connectivity index (χ0v) is 16.6. The first kappa shape index (κ1) is 21.4. The van der Waals surface area contributed by atoms with Gasteiger partial charge < -0.3 is 10.6 Å². The van der Waals surface area contributed by atoms with Gasteiger partial charge in [-0.1, -0.05) is 30.3 Å². The maximum atomic E-state index is 13.4. The van der Waals surface area contributed by atoms with Crippen molar-refractivity contribution >= 4 is 23.5 Å². The molecule has 0 aliphatic carbocycles. The quantitative estimate of drug-likeness (QED) is 0.742. The Morgan fingerprint density at radius 2 is 1.77 bits per heavy atom. The summed E-state index contributed by atoms with van der Waals surface area (Å²) >= 11 is 0. The van der Waals surface area contributed by atoms with Crippen LogP contribution < -0.4 is 10.6 Å². The van der Waals surface area contributed by atoms with Crippen molar-refractivity contribution in [3.8, 4) is 0 Å². The Balaban J connectivity index is 1.85. The topological polar surface area (TPSA) is 78.5 Å². The molecule has 30 heavy (non-hydrogen) atoms. The molecule has 1 saturated heterocycles. The van der Waals surface area contributed by atoms with Gasteiger partial charge in [-0.15, -0.1) is 0 Å². The van der Waals surface area contributed by atoms with Crippen molar-refractivity contribution in [3.63, 3.8) is 0 Å². The highest BCUT2D eigenvalue weighted by atomic mass is 19.4. The number of hydrogen-bond acceptors (Lipinski definition) is 3. The van der Waals surface area contributed by atoms with E-state index in [4.69, 9.17) is 0 Å². The van der Waals surface area contributed by atoms with Crippen LogP contribution in [0.3, 0.4) is 0 Å². The van der Waals surface area contributed by atoms with E-state index in [2.05, 4.69) is 10.6 Å². The molecule has 2 N–H and O–H groups in total. The SMILES string of the molecule is Cc1cccc(NC(=O)CN2C(=O)N[C@](C)(c3ccccc3C(F)(F)F)C2=O)c1C. The third-order valence-electron chi connectivity index (χ3n) is 5.23. The fourth-order valence-corrected chi connectivity index (χ4v) is 3.41. The number of anilines is 1. The van der Waals surface area contributed by atoms with Crippen LogP contribution >= 0.6 is 0 Å². The van der Waals surface area contributed by atoms with Crippen LogP contribution in [0.25, 0.3) is 0 Å². The van der Waals surface area contributed by atoms with Gasteiger partial charge in [0.15, 0.2) is 0 Å². The van der Waals surface area contributed by atoms with Gasteiger partial charge in [-0.3, -0.25) is 14.5 Å². The summed E-state index contributed by atoms with van der Waals surface area (Å²) < 4.78 is 40.2. The van der Waals surface area contributed by atoms with Gasteiger partial charge in [-0.2, -0.15) is 13.2 Å². The smallest absolute Gasteiger partial charge is 0.324 e. The number of aryl methyl sites for hydroxylation is 1. The first-order valence-electron chi connectivity index (χ1n) is 9.12. The van der Waals surface area contributed by atoms with Gasteiger partial charge in [0.05, 0.1) is 5.56 Å². The van der Waals surface area contributed by atoms with Crippen LogP contribution in [0.15, 0.2) is 42.5 Å². The molecule has 158 valence electrons. The van der Waals surface area contributed by atoms with Crippen LogP contribution in [-0.2, 0) is 21.3 Å². The van der Waals surface area contributed by atoms with Crippen LogP contribution in [0.5, 0.6) is 0 Å². The number of rotatable bonds is 4. The van der Waals surface area contributed by atoms with Crippen LogP contribution in [0.1, 0.15) is 29.2 Å². The molecule has 0 aromatic heterocycles. The van der Waals surface area contributed by atoms with Crippen molar-refractivity contribution in [1.82, 2.24) is 10.2 Å². The minimum Gasteiger partial charge on any atom is -0.324 e. The van der Waals surface area contributed by atoms with Crippen LogP contribution in [0, 0.1) is 13.8 Å². The second-order valence-corrected chi connectivity index (χ2v) is 7.29. The molecule has 1 aliphatic rings. The lowest BCUT2D eigenvalue weighted by Gasteiger charge is -2.25. The lowest BCUT2D eigenvalue weighted by atomic mass is 9.87. The van der Waals surface area contributed by atoms with E-state index < -0.39 is 41.7 Å². The Morgan fingerprint density at radius 3 is 2.43 bits per heavy atom. The highest BCUT2D eigenvalue weighted by Crippen LogP contribution is 2.39. The maximum absolute atomic E-state index is 13.4. The molecule has 2 aromatic carbocycles. The molecule has 0 bridgehead atoms. The number of alkyl halides is 3. The van der Waals surface area contributed by atoms with Gasteiger partial charge in [0, 0.05) is 5.69 Å². The molecule has 3 rings (SSSR count). The van der Waals surface area contributed by atoms with Crippen molar-refractivity contribution < 1.29 is 27.6 Å². The predicted octanol–water partition coefficient (Wildman–Crippen LogP) is 3.73. The lowest BCUT2D eigenvalue weighted by molar-refractivity contribution is -0.140. The number of imide groups is 1. The molecule has 4 amide bonds. The zero-order chi connectivity index (χ0) is 22.3. The molecule has 9 heteroatoms. The Hall–Kier alpha value is -3.36. The number of urea groups is 1. The minimum absolute atomic E-state index is 0.381. The summed E-state index contributed by atoms with van der Waals surface area (Å²) in [5.74, 6) is -1.57. The maximum Gasteiger partial charge on any atom is 0.416 e. The van der Waals surface area contributed by atoms with E-state index in [0.717, 1.165) is 23.3 Å². The molecule has 1 heterocycles. The van der Waals surface area contributed by atoms with Crippen molar-refractivity contribution in [2.75, 3.05) is 11.9 Å². The normalized spacial score (nSPS) is 19.1. The number of hydrogen-bond donors (Lipinski definition) is 2. The largest absolute Gasteiger partial charge is 0.416 e. The highest BCUT2D eigenvalue weighted by molar-refractivity contribution is 6.10. The number of nitrogens with zero attached hydrogens (tertiary/aromatic N) is 1. The number of carbonyl (C=O) groups excluding carboxylic acids is 3.